The van der Waals surface area contributed by atoms with E-state index in [0.717, 1.165) is 0 Å². The summed E-state index contributed by atoms with van der Waals surface area (Å²) >= 11 is 0. The van der Waals surface area contributed by atoms with Gasteiger partial charge in [0.25, 0.3) is 5.91 Å². The second kappa shape index (κ2) is 8.79. The largest absolute Gasteiger partial charge is 0.374 e. The van der Waals surface area contributed by atoms with E-state index in [9.17, 15) is 18.8 Å². The summed E-state index contributed by atoms with van der Waals surface area (Å²) in [6.07, 6.45) is 0. The fourth-order valence-electron chi connectivity index (χ4n) is 2.28. The predicted octanol–water partition coefficient (Wildman–Crippen LogP) is 2.54. The van der Waals surface area contributed by atoms with Gasteiger partial charge < -0.3 is 20.9 Å². The summed E-state index contributed by atoms with van der Waals surface area (Å²) in [5.74, 6) is -1.33. The zero-order valence-electron chi connectivity index (χ0n) is 15.3. The molecule has 0 atom stereocenters. The number of nitrogens with one attached hydrogen (secondary N) is 3. The number of carbonyl (C=O) groups is 3. The van der Waals surface area contributed by atoms with Crippen LogP contribution in [-0.2, 0) is 9.59 Å². The van der Waals surface area contributed by atoms with E-state index in [1.807, 2.05) is 0 Å². The van der Waals surface area contributed by atoms with Gasteiger partial charge in [0.2, 0.25) is 11.8 Å². The highest BCUT2D eigenvalue weighted by atomic mass is 19.1. The number of amides is 3. The predicted molar refractivity (Wildman–Crippen MR) is 102 cm³/mol. The lowest BCUT2D eigenvalue weighted by atomic mass is 10.2. The van der Waals surface area contributed by atoms with Gasteiger partial charge in [-0.3, -0.25) is 14.4 Å². The molecule has 0 saturated heterocycles. The Morgan fingerprint density at radius 2 is 1.59 bits per heavy atom. The highest BCUT2D eigenvalue weighted by Gasteiger charge is 2.10. The van der Waals surface area contributed by atoms with E-state index in [-0.39, 0.29) is 30.0 Å². The van der Waals surface area contributed by atoms with Crippen LogP contribution in [0.3, 0.4) is 0 Å². The molecule has 0 aliphatic rings. The quantitative estimate of drug-likeness (QED) is 0.727. The third-order valence-corrected chi connectivity index (χ3v) is 3.55. The summed E-state index contributed by atoms with van der Waals surface area (Å²) in [6.45, 7) is 1.18. The Morgan fingerprint density at radius 3 is 2.19 bits per heavy atom. The summed E-state index contributed by atoms with van der Waals surface area (Å²) in [5.41, 5.74) is 1.55. The van der Waals surface area contributed by atoms with Crippen molar-refractivity contribution in [2.75, 3.05) is 36.6 Å². The van der Waals surface area contributed by atoms with E-state index >= 15 is 0 Å². The van der Waals surface area contributed by atoms with Crippen molar-refractivity contribution in [1.29, 1.82) is 0 Å². The van der Waals surface area contributed by atoms with Crippen LogP contribution < -0.4 is 16.0 Å². The molecule has 0 aromatic heterocycles. The molecule has 0 bridgehead atoms. The lowest BCUT2D eigenvalue weighted by molar-refractivity contribution is -0.115. The molecule has 0 unspecified atom stereocenters. The number of hydrogen-bond acceptors (Lipinski definition) is 4. The van der Waals surface area contributed by atoms with Crippen LogP contribution in [0.5, 0.6) is 0 Å². The molecule has 2 rings (SSSR count). The lowest BCUT2D eigenvalue weighted by Crippen LogP contribution is -2.23. The molecule has 142 valence electrons. The molecule has 27 heavy (non-hydrogen) atoms. The van der Waals surface area contributed by atoms with Gasteiger partial charge in [-0.1, -0.05) is 0 Å². The van der Waals surface area contributed by atoms with Crippen LogP contribution in [0.2, 0.25) is 0 Å². The number of halogens is 1. The smallest absolute Gasteiger partial charge is 0.253 e. The zero-order chi connectivity index (χ0) is 20.0. The van der Waals surface area contributed by atoms with Gasteiger partial charge in [-0.2, -0.15) is 0 Å². The Bertz CT molecular complexity index is 851. The number of nitrogens with zero attached hydrogens (tertiary/aromatic N) is 1. The molecule has 0 saturated carbocycles. The number of rotatable bonds is 6. The first-order chi connectivity index (χ1) is 12.8. The van der Waals surface area contributed by atoms with Crippen molar-refractivity contribution < 1.29 is 18.8 Å². The van der Waals surface area contributed by atoms with Crippen molar-refractivity contribution >= 4 is 34.8 Å². The monoisotopic (exact) mass is 372 g/mol. The van der Waals surface area contributed by atoms with Crippen molar-refractivity contribution in [1.82, 2.24) is 4.90 Å². The minimum atomic E-state index is -0.538. The van der Waals surface area contributed by atoms with Gasteiger partial charge in [0.05, 0.1) is 12.2 Å². The first-order valence-electron chi connectivity index (χ1n) is 8.19. The van der Waals surface area contributed by atoms with Crippen molar-refractivity contribution in [3.63, 3.8) is 0 Å². The minimum Gasteiger partial charge on any atom is -0.374 e. The molecule has 0 fully saturated rings. The van der Waals surface area contributed by atoms with Gasteiger partial charge >= 0.3 is 0 Å². The SMILES string of the molecule is CC(=O)Nc1ccc(F)c(NCC(=O)Nc2ccc(C(=O)N(C)C)cc2)c1. The molecule has 8 heteroatoms. The molecule has 2 aromatic carbocycles. The first-order valence-corrected chi connectivity index (χ1v) is 8.19. The highest BCUT2D eigenvalue weighted by Crippen LogP contribution is 2.19. The van der Waals surface area contributed by atoms with Crippen molar-refractivity contribution in [3.8, 4) is 0 Å². The number of hydrogen-bond donors (Lipinski definition) is 3. The first kappa shape index (κ1) is 19.9. The fourth-order valence-corrected chi connectivity index (χ4v) is 2.28. The van der Waals surface area contributed by atoms with E-state index in [2.05, 4.69) is 16.0 Å². The van der Waals surface area contributed by atoms with Crippen LogP contribution >= 0.6 is 0 Å². The highest BCUT2D eigenvalue weighted by molar-refractivity contribution is 5.96. The standard InChI is InChI=1S/C19H21FN4O3/c1-12(25)22-15-8-9-16(20)17(10-15)21-11-18(26)23-14-6-4-13(5-7-14)19(27)24(2)3/h4-10,21H,11H2,1-3H3,(H,22,25)(H,23,26). The maximum absolute atomic E-state index is 13.8. The van der Waals surface area contributed by atoms with E-state index in [0.29, 0.717) is 16.9 Å². The molecule has 0 heterocycles. The van der Waals surface area contributed by atoms with Crippen molar-refractivity contribution in [2.24, 2.45) is 0 Å². The van der Waals surface area contributed by atoms with Gasteiger partial charge in [0.15, 0.2) is 0 Å². The van der Waals surface area contributed by atoms with Crippen LogP contribution in [0.25, 0.3) is 0 Å². The lowest BCUT2D eigenvalue weighted by Gasteiger charge is -2.12. The van der Waals surface area contributed by atoms with Crippen LogP contribution in [0.1, 0.15) is 17.3 Å². The average Bonchev–Trinajstić information content (AvgIpc) is 2.61. The van der Waals surface area contributed by atoms with Crippen LogP contribution in [0.15, 0.2) is 42.5 Å². The Kier molecular flexibility index (Phi) is 6.48. The van der Waals surface area contributed by atoms with Crippen LogP contribution in [0.4, 0.5) is 21.5 Å². The van der Waals surface area contributed by atoms with Gasteiger partial charge in [-0.15, -0.1) is 0 Å². The minimum absolute atomic E-state index is 0.100. The molecule has 7 nitrogen and oxygen atoms in total. The number of anilines is 3. The van der Waals surface area contributed by atoms with E-state index in [1.165, 1.54) is 30.0 Å². The molecular weight excluding hydrogens is 351 g/mol. The Balaban J connectivity index is 1.94. The molecule has 3 amide bonds. The molecule has 0 radical (unpaired) electrons. The Morgan fingerprint density at radius 1 is 0.963 bits per heavy atom. The summed E-state index contributed by atoms with van der Waals surface area (Å²) < 4.78 is 13.8. The van der Waals surface area contributed by atoms with E-state index in [4.69, 9.17) is 0 Å². The zero-order valence-corrected chi connectivity index (χ0v) is 15.3. The van der Waals surface area contributed by atoms with Gasteiger partial charge in [-0.25, -0.2) is 4.39 Å². The molecule has 0 aliphatic heterocycles. The maximum atomic E-state index is 13.8. The molecule has 0 aliphatic carbocycles. The van der Waals surface area contributed by atoms with Crippen LogP contribution in [-0.4, -0.2) is 43.3 Å². The van der Waals surface area contributed by atoms with Gasteiger partial charge in [0, 0.05) is 38.0 Å². The molecule has 3 N–H and O–H groups in total. The molecule has 0 spiro atoms. The average molecular weight is 372 g/mol. The summed E-state index contributed by atoms with van der Waals surface area (Å²) in [5, 5.41) is 7.89. The van der Waals surface area contributed by atoms with Gasteiger partial charge in [-0.05, 0) is 42.5 Å². The number of benzene rings is 2. The van der Waals surface area contributed by atoms with Gasteiger partial charge in [0.1, 0.15) is 5.82 Å². The Hall–Kier alpha value is -3.42. The third-order valence-electron chi connectivity index (χ3n) is 3.55. The summed E-state index contributed by atoms with van der Waals surface area (Å²) in [7, 11) is 3.31. The summed E-state index contributed by atoms with van der Waals surface area (Å²) in [6, 6.07) is 10.5. The third kappa shape index (κ3) is 5.81. The fraction of sp³-hybridized carbons (Fsp3) is 0.211. The normalized spacial score (nSPS) is 10.1. The second-order valence-corrected chi connectivity index (χ2v) is 6.05. The van der Waals surface area contributed by atoms with Crippen molar-refractivity contribution in [3.05, 3.63) is 53.8 Å². The topological polar surface area (TPSA) is 90.5 Å². The second-order valence-electron chi connectivity index (χ2n) is 6.05. The Labute approximate surface area is 156 Å². The summed E-state index contributed by atoms with van der Waals surface area (Å²) in [4.78, 5) is 36.4. The number of carbonyl (C=O) groups excluding carboxylic acids is 3. The molecular formula is C19H21FN4O3. The maximum Gasteiger partial charge on any atom is 0.253 e. The molecule has 2 aromatic rings. The van der Waals surface area contributed by atoms with Crippen LogP contribution in [0, 0.1) is 5.82 Å². The van der Waals surface area contributed by atoms with E-state index in [1.54, 1.807) is 38.4 Å². The van der Waals surface area contributed by atoms with E-state index < -0.39 is 5.82 Å². The van der Waals surface area contributed by atoms with Crippen molar-refractivity contribution in [2.45, 2.75) is 6.92 Å².